The molecule has 0 saturated heterocycles. The fourth-order valence-corrected chi connectivity index (χ4v) is 1.65. The number of aryl methyl sites for hydroxylation is 1. The SMILES string of the molecule is CN(C)C(=O)NCc1cncc(-c2cnn(C)c2)c1. The van der Waals surface area contributed by atoms with E-state index in [4.69, 9.17) is 0 Å². The van der Waals surface area contributed by atoms with E-state index in [1.54, 1.807) is 37.4 Å². The molecule has 2 aromatic rings. The standard InChI is InChI=1S/C13H17N5O/c1-17(2)13(19)15-6-10-4-11(7-14-5-10)12-8-16-18(3)9-12/h4-5,7-9H,6H2,1-3H3,(H,15,19). The van der Waals surface area contributed by atoms with Gasteiger partial charge in [-0.05, 0) is 11.6 Å². The molecule has 19 heavy (non-hydrogen) atoms. The van der Waals surface area contributed by atoms with Gasteiger partial charge in [0.25, 0.3) is 0 Å². The Balaban J connectivity index is 2.09. The molecule has 0 atom stereocenters. The quantitative estimate of drug-likeness (QED) is 0.902. The third-order valence-electron chi connectivity index (χ3n) is 2.68. The fourth-order valence-electron chi connectivity index (χ4n) is 1.65. The molecule has 6 nitrogen and oxygen atoms in total. The molecule has 2 amide bonds. The molecule has 6 heteroatoms. The normalized spacial score (nSPS) is 10.3. The zero-order chi connectivity index (χ0) is 13.8. The van der Waals surface area contributed by atoms with Gasteiger partial charge >= 0.3 is 6.03 Å². The predicted octanol–water partition coefficient (Wildman–Crippen LogP) is 1.25. The maximum absolute atomic E-state index is 11.5. The van der Waals surface area contributed by atoms with Crippen LogP contribution >= 0.6 is 0 Å². The third kappa shape index (κ3) is 3.31. The number of aromatic nitrogens is 3. The second-order valence-electron chi connectivity index (χ2n) is 4.54. The molecule has 0 radical (unpaired) electrons. The second kappa shape index (κ2) is 5.51. The minimum absolute atomic E-state index is 0.119. The summed E-state index contributed by atoms with van der Waals surface area (Å²) in [6.07, 6.45) is 7.25. The Hall–Kier alpha value is -2.37. The van der Waals surface area contributed by atoms with E-state index in [1.807, 2.05) is 19.3 Å². The Labute approximate surface area is 112 Å². The van der Waals surface area contributed by atoms with Crippen molar-refractivity contribution in [2.45, 2.75) is 6.54 Å². The van der Waals surface area contributed by atoms with Crippen LogP contribution in [0.5, 0.6) is 0 Å². The average molecular weight is 259 g/mol. The van der Waals surface area contributed by atoms with Crippen LogP contribution in [0.4, 0.5) is 4.79 Å². The van der Waals surface area contributed by atoms with Crippen molar-refractivity contribution >= 4 is 6.03 Å². The van der Waals surface area contributed by atoms with E-state index in [9.17, 15) is 4.79 Å². The van der Waals surface area contributed by atoms with E-state index in [0.717, 1.165) is 16.7 Å². The summed E-state index contributed by atoms with van der Waals surface area (Å²) in [7, 11) is 5.29. The Morgan fingerprint density at radius 3 is 2.74 bits per heavy atom. The summed E-state index contributed by atoms with van der Waals surface area (Å²) >= 11 is 0. The van der Waals surface area contributed by atoms with Gasteiger partial charge in [0.2, 0.25) is 0 Å². The van der Waals surface area contributed by atoms with Crippen molar-refractivity contribution in [2.24, 2.45) is 7.05 Å². The minimum atomic E-state index is -0.119. The van der Waals surface area contributed by atoms with Crippen LogP contribution in [0.25, 0.3) is 11.1 Å². The molecule has 2 aromatic heterocycles. The Kier molecular flexibility index (Phi) is 3.79. The smallest absolute Gasteiger partial charge is 0.317 e. The number of pyridine rings is 1. The summed E-state index contributed by atoms with van der Waals surface area (Å²) in [6, 6.07) is 1.88. The van der Waals surface area contributed by atoms with Crippen molar-refractivity contribution in [3.63, 3.8) is 0 Å². The molecular weight excluding hydrogens is 242 g/mol. The summed E-state index contributed by atoms with van der Waals surface area (Å²) in [5, 5.41) is 6.94. The van der Waals surface area contributed by atoms with Gasteiger partial charge in [0.15, 0.2) is 0 Å². The highest BCUT2D eigenvalue weighted by atomic mass is 16.2. The highest BCUT2D eigenvalue weighted by Gasteiger charge is 2.05. The molecule has 0 spiro atoms. The van der Waals surface area contributed by atoms with E-state index in [2.05, 4.69) is 15.4 Å². The first kappa shape index (κ1) is 13.1. The second-order valence-corrected chi connectivity index (χ2v) is 4.54. The van der Waals surface area contributed by atoms with Crippen molar-refractivity contribution in [3.8, 4) is 11.1 Å². The number of amides is 2. The zero-order valence-corrected chi connectivity index (χ0v) is 11.3. The Morgan fingerprint density at radius 1 is 1.32 bits per heavy atom. The molecular formula is C13H17N5O. The number of carbonyl (C=O) groups is 1. The monoisotopic (exact) mass is 259 g/mol. The van der Waals surface area contributed by atoms with Gasteiger partial charge in [-0.2, -0.15) is 5.10 Å². The first-order valence-electron chi connectivity index (χ1n) is 5.94. The van der Waals surface area contributed by atoms with Crippen LogP contribution < -0.4 is 5.32 Å². The van der Waals surface area contributed by atoms with Gasteiger partial charge in [0, 0.05) is 57.4 Å². The molecule has 0 bridgehead atoms. The van der Waals surface area contributed by atoms with Crippen LogP contribution in [-0.4, -0.2) is 39.8 Å². The molecule has 0 saturated carbocycles. The number of rotatable bonds is 3. The van der Waals surface area contributed by atoms with Gasteiger partial charge < -0.3 is 10.2 Å². The van der Waals surface area contributed by atoms with Crippen molar-refractivity contribution in [3.05, 3.63) is 36.4 Å². The van der Waals surface area contributed by atoms with Crippen LogP contribution in [0.1, 0.15) is 5.56 Å². The van der Waals surface area contributed by atoms with Crippen LogP contribution in [0.3, 0.4) is 0 Å². The van der Waals surface area contributed by atoms with Gasteiger partial charge in [-0.25, -0.2) is 4.79 Å². The lowest BCUT2D eigenvalue weighted by atomic mass is 10.1. The predicted molar refractivity (Wildman–Crippen MR) is 72.4 cm³/mol. The molecule has 0 aliphatic rings. The van der Waals surface area contributed by atoms with E-state index < -0.39 is 0 Å². The largest absolute Gasteiger partial charge is 0.334 e. The fraction of sp³-hybridized carbons (Fsp3) is 0.308. The van der Waals surface area contributed by atoms with Crippen molar-refractivity contribution in [1.82, 2.24) is 25.0 Å². The summed E-state index contributed by atoms with van der Waals surface area (Å²) in [5.74, 6) is 0. The van der Waals surface area contributed by atoms with E-state index in [-0.39, 0.29) is 6.03 Å². The molecule has 0 unspecified atom stereocenters. The first-order valence-corrected chi connectivity index (χ1v) is 5.94. The molecule has 0 aliphatic heterocycles. The number of nitrogens with one attached hydrogen (secondary N) is 1. The number of hydrogen-bond donors (Lipinski definition) is 1. The van der Waals surface area contributed by atoms with Gasteiger partial charge in [-0.1, -0.05) is 0 Å². The Bertz CT molecular complexity index is 576. The van der Waals surface area contributed by atoms with Crippen molar-refractivity contribution in [1.29, 1.82) is 0 Å². The lowest BCUT2D eigenvalue weighted by Crippen LogP contribution is -2.33. The van der Waals surface area contributed by atoms with E-state index in [1.165, 1.54) is 4.90 Å². The molecule has 0 aromatic carbocycles. The van der Waals surface area contributed by atoms with E-state index in [0.29, 0.717) is 6.54 Å². The minimum Gasteiger partial charge on any atom is -0.334 e. The van der Waals surface area contributed by atoms with Crippen molar-refractivity contribution < 1.29 is 4.79 Å². The molecule has 0 aliphatic carbocycles. The number of nitrogens with zero attached hydrogens (tertiary/aromatic N) is 4. The topological polar surface area (TPSA) is 63.1 Å². The first-order chi connectivity index (χ1) is 9.06. The van der Waals surface area contributed by atoms with Crippen LogP contribution in [0.2, 0.25) is 0 Å². The summed E-state index contributed by atoms with van der Waals surface area (Å²) in [6.45, 7) is 0.456. The number of urea groups is 1. The summed E-state index contributed by atoms with van der Waals surface area (Å²) < 4.78 is 1.75. The lowest BCUT2D eigenvalue weighted by Gasteiger charge is -2.12. The van der Waals surface area contributed by atoms with Crippen LogP contribution in [0, 0.1) is 0 Å². The van der Waals surface area contributed by atoms with Gasteiger partial charge in [0.05, 0.1) is 6.20 Å². The molecule has 0 fully saturated rings. The van der Waals surface area contributed by atoms with Gasteiger partial charge in [-0.15, -0.1) is 0 Å². The highest BCUT2D eigenvalue weighted by molar-refractivity contribution is 5.73. The van der Waals surface area contributed by atoms with Gasteiger partial charge in [0.1, 0.15) is 0 Å². The maximum Gasteiger partial charge on any atom is 0.317 e. The molecule has 2 heterocycles. The Morgan fingerprint density at radius 2 is 2.11 bits per heavy atom. The van der Waals surface area contributed by atoms with Crippen molar-refractivity contribution in [2.75, 3.05) is 14.1 Å². The van der Waals surface area contributed by atoms with E-state index >= 15 is 0 Å². The summed E-state index contributed by atoms with van der Waals surface area (Å²) in [5.41, 5.74) is 2.96. The molecule has 100 valence electrons. The van der Waals surface area contributed by atoms with Gasteiger partial charge in [-0.3, -0.25) is 9.67 Å². The highest BCUT2D eigenvalue weighted by Crippen LogP contribution is 2.18. The average Bonchev–Trinajstić information content (AvgIpc) is 2.83. The number of carbonyl (C=O) groups excluding carboxylic acids is 1. The lowest BCUT2D eigenvalue weighted by molar-refractivity contribution is 0.217. The summed E-state index contributed by atoms with van der Waals surface area (Å²) in [4.78, 5) is 17.1. The maximum atomic E-state index is 11.5. The van der Waals surface area contributed by atoms with Crippen LogP contribution in [-0.2, 0) is 13.6 Å². The third-order valence-corrected chi connectivity index (χ3v) is 2.68. The molecule has 1 N–H and O–H groups in total. The zero-order valence-electron chi connectivity index (χ0n) is 11.3. The van der Waals surface area contributed by atoms with Crippen LogP contribution in [0.15, 0.2) is 30.9 Å². The molecule has 2 rings (SSSR count). The number of hydrogen-bond acceptors (Lipinski definition) is 3.